The molecule has 0 heterocycles. The molecule has 33 heavy (non-hydrogen) atoms. The van der Waals surface area contributed by atoms with Crippen molar-refractivity contribution in [3.05, 3.63) is 60.3 Å². The van der Waals surface area contributed by atoms with Gasteiger partial charge in [0.05, 0.1) is 0 Å². The summed E-state index contributed by atoms with van der Waals surface area (Å²) >= 11 is 0. The number of rotatable bonds is 8. The second-order valence-electron chi connectivity index (χ2n) is 7.97. The van der Waals surface area contributed by atoms with E-state index in [4.69, 9.17) is 5.26 Å². The zero-order chi connectivity index (χ0) is 24.4. The Morgan fingerprint density at radius 1 is 1.27 bits per heavy atom. The molecule has 178 valence electrons. The molecule has 1 saturated carbocycles. The molecule has 1 aromatic carbocycles. The molecule has 0 aliphatic heterocycles. The number of hydrogen-bond donors (Lipinski definition) is 2. The van der Waals surface area contributed by atoms with E-state index < -0.39 is 0 Å². The number of hydrogen-bond acceptors (Lipinski definition) is 5. The molecule has 1 aromatic rings. The van der Waals surface area contributed by atoms with E-state index >= 15 is 0 Å². The Kier molecular flexibility index (Phi) is 13.8. The van der Waals surface area contributed by atoms with Crippen LogP contribution in [0.1, 0.15) is 44.6 Å². The van der Waals surface area contributed by atoms with Crippen LogP contribution in [-0.2, 0) is 14.9 Å². The lowest BCUT2D eigenvalue weighted by Crippen LogP contribution is -2.43. The highest BCUT2D eigenvalue weighted by atomic mass is 16.4. The van der Waals surface area contributed by atoms with E-state index in [2.05, 4.69) is 49.6 Å². The molecule has 7 heteroatoms. The standard InChI is InChI=1S/C24H31N5O.C2H6O/c1-3-4-15-27-16-12-23(30)28-18-24(21-8-6-5-7-9-21)13-10-20(11-14-24)17-22(26-2)29-19-25;1-3-2/h3-9,12,15-16,20H,10-11,13-14,17-18H2,1-2H3,(H,26,29)(H,28,30);1-2H3/b4-3-,16-12+,27-15-;. The normalized spacial score (nSPS) is 20.9. The van der Waals surface area contributed by atoms with Crippen molar-refractivity contribution < 1.29 is 9.53 Å². The number of amidine groups is 1. The van der Waals surface area contributed by atoms with E-state index in [-0.39, 0.29) is 11.3 Å². The van der Waals surface area contributed by atoms with Crippen LogP contribution in [0.2, 0.25) is 0 Å². The molecule has 0 saturated heterocycles. The monoisotopic (exact) mass is 451 g/mol. The predicted molar refractivity (Wildman–Crippen MR) is 135 cm³/mol. The zero-order valence-corrected chi connectivity index (χ0v) is 20.3. The van der Waals surface area contributed by atoms with Crippen molar-refractivity contribution in [2.45, 2.75) is 44.4 Å². The highest BCUT2D eigenvalue weighted by Crippen LogP contribution is 2.42. The lowest BCUT2D eigenvalue weighted by atomic mass is 9.66. The summed E-state index contributed by atoms with van der Waals surface area (Å²) in [7, 11) is 4.96. The zero-order valence-electron chi connectivity index (χ0n) is 20.3. The number of nitrogens with one attached hydrogen (secondary N) is 2. The Labute approximate surface area is 198 Å². The molecule has 1 aliphatic rings. The first-order valence-electron chi connectivity index (χ1n) is 11.2. The molecule has 2 rings (SSSR count). The predicted octanol–water partition coefficient (Wildman–Crippen LogP) is 4.14. The van der Waals surface area contributed by atoms with Crippen LogP contribution in [0.3, 0.4) is 0 Å². The minimum atomic E-state index is -0.135. The van der Waals surface area contributed by atoms with Crippen LogP contribution in [0.5, 0.6) is 0 Å². The molecule has 0 bridgehead atoms. The van der Waals surface area contributed by atoms with Gasteiger partial charge < -0.3 is 10.1 Å². The maximum Gasteiger partial charge on any atom is 0.245 e. The summed E-state index contributed by atoms with van der Waals surface area (Å²) in [6.07, 6.45) is 15.1. The van der Waals surface area contributed by atoms with E-state index in [0.29, 0.717) is 12.5 Å². The molecular formula is C26H37N5O2. The summed E-state index contributed by atoms with van der Waals surface area (Å²) in [5.74, 6) is 1.09. The second-order valence-corrected chi connectivity index (χ2v) is 7.97. The van der Waals surface area contributed by atoms with Gasteiger partial charge in [0.15, 0.2) is 6.19 Å². The number of aliphatic imine (C=N–C) groups is 2. The van der Waals surface area contributed by atoms with Gasteiger partial charge in [-0.15, -0.1) is 0 Å². The van der Waals surface area contributed by atoms with Crippen molar-refractivity contribution in [2.24, 2.45) is 15.9 Å². The average Bonchev–Trinajstić information content (AvgIpc) is 2.84. The van der Waals surface area contributed by atoms with Crippen molar-refractivity contribution in [3.63, 3.8) is 0 Å². The van der Waals surface area contributed by atoms with Crippen molar-refractivity contribution in [2.75, 3.05) is 27.8 Å². The second kappa shape index (κ2) is 16.4. The van der Waals surface area contributed by atoms with E-state index in [1.165, 1.54) is 17.8 Å². The Balaban J connectivity index is 0.00000172. The molecule has 1 amide bonds. The van der Waals surface area contributed by atoms with Crippen molar-refractivity contribution in [1.82, 2.24) is 10.6 Å². The van der Waals surface area contributed by atoms with Crippen molar-refractivity contribution in [1.29, 1.82) is 5.26 Å². The summed E-state index contributed by atoms with van der Waals surface area (Å²) in [5, 5.41) is 14.6. The third-order valence-corrected chi connectivity index (χ3v) is 5.68. The van der Waals surface area contributed by atoms with Crippen LogP contribution in [0.15, 0.2) is 64.7 Å². The van der Waals surface area contributed by atoms with Gasteiger partial charge in [-0.05, 0) is 50.2 Å². The molecular weight excluding hydrogens is 414 g/mol. The average molecular weight is 452 g/mol. The lowest BCUT2D eigenvalue weighted by molar-refractivity contribution is -0.116. The highest BCUT2D eigenvalue weighted by Gasteiger charge is 2.37. The number of ether oxygens (including phenoxy) is 1. The molecule has 2 N–H and O–H groups in total. The summed E-state index contributed by atoms with van der Waals surface area (Å²) in [6.45, 7) is 2.51. The number of amides is 1. The van der Waals surface area contributed by atoms with Crippen LogP contribution in [0, 0.1) is 17.4 Å². The van der Waals surface area contributed by atoms with E-state index in [1.807, 2.05) is 31.3 Å². The fourth-order valence-electron chi connectivity index (χ4n) is 3.94. The fourth-order valence-corrected chi connectivity index (χ4v) is 3.94. The number of methoxy groups -OCH3 is 1. The van der Waals surface area contributed by atoms with Crippen LogP contribution in [0.4, 0.5) is 0 Å². The molecule has 0 aromatic heterocycles. The van der Waals surface area contributed by atoms with Gasteiger partial charge >= 0.3 is 0 Å². The van der Waals surface area contributed by atoms with Crippen molar-refractivity contribution in [3.8, 4) is 6.19 Å². The topological polar surface area (TPSA) is 98.9 Å². The molecule has 0 spiro atoms. The number of benzene rings is 1. The molecule has 1 aliphatic carbocycles. The maximum absolute atomic E-state index is 12.3. The van der Waals surface area contributed by atoms with E-state index in [9.17, 15) is 4.79 Å². The smallest absolute Gasteiger partial charge is 0.245 e. The van der Waals surface area contributed by atoms with E-state index in [0.717, 1.165) is 37.9 Å². The first-order chi connectivity index (χ1) is 16.0. The number of allylic oxidation sites excluding steroid dienone is 2. The lowest BCUT2D eigenvalue weighted by Gasteiger charge is -2.41. The van der Waals surface area contributed by atoms with Gasteiger partial charge in [-0.3, -0.25) is 20.1 Å². The summed E-state index contributed by atoms with van der Waals surface area (Å²) in [5.41, 5.74) is 1.18. The third-order valence-electron chi connectivity index (χ3n) is 5.68. The van der Waals surface area contributed by atoms with Crippen LogP contribution >= 0.6 is 0 Å². The van der Waals surface area contributed by atoms with Crippen LogP contribution in [-0.4, -0.2) is 45.8 Å². The number of nitrogens with zero attached hydrogens (tertiary/aromatic N) is 3. The maximum atomic E-state index is 12.3. The fraction of sp³-hybridized carbons (Fsp3) is 0.462. The minimum Gasteiger partial charge on any atom is -0.388 e. The Morgan fingerprint density at radius 2 is 1.94 bits per heavy atom. The van der Waals surface area contributed by atoms with E-state index in [1.54, 1.807) is 27.5 Å². The summed E-state index contributed by atoms with van der Waals surface area (Å²) in [6, 6.07) is 10.4. The van der Waals surface area contributed by atoms with Crippen molar-refractivity contribution >= 4 is 18.0 Å². The first-order valence-corrected chi connectivity index (χ1v) is 11.2. The summed E-state index contributed by atoms with van der Waals surface area (Å²) < 4.78 is 4.25. The molecule has 0 radical (unpaired) electrons. The number of carbonyl (C=O) groups is 1. The largest absolute Gasteiger partial charge is 0.388 e. The van der Waals surface area contributed by atoms with Crippen LogP contribution < -0.4 is 10.6 Å². The minimum absolute atomic E-state index is 0.0817. The van der Waals surface area contributed by atoms with Gasteiger partial charge in [-0.1, -0.05) is 36.4 Å². The summed E-state index contributed by atoms with van der Waals surface area (Å²) in [4.78, 5) is 20.5. The first kappa shape index (κ1) is 27.8. The van der Waals surface area contributed by atoms with Gasteiger partial charge in [-0.25, -0.2) is 0 Å². The quantitative estimate of drug-likeness (QED) is 0.204. The van der Waals surface area contributed by atoms with Gasteiger partial charge in [0.25, 0.3) is 0 Å². The molecule has 1 fully saturated rings. The number of nitriles is 1. The Bertz CT molecular complexity index is 845. The molecule has 0 atom stereocenters. The Morgan fingerprint density at radius 3 is 2.52 bits per heavy atom. The van der Waals surface area contributed by atoms with Gasteiger partial charge in [0.1, 0.15) is 5.84 Å². The van der Waals surface area contributed by atoms with Gasteiger partial charge in [0, 0.05) is 58.1 Å². The number of carbonyl (C=O) groups excluding carboxylic acids is 1. The van der Waals surface area contributed by atoms with Gasteiger partial charge in [-0.2, -0.15) is 5.26 Å². The van der Waals surface area contributed by atoms with Gasteiger partial charge in [0.2, 0.25) is 5.91 Å². The SMILES string of the molecule is COC.C\C=C/C=N\C=C\C(=O)NCC1(c2ccccc2)CCC(CC(=NC)NC#N)CC1. The highest BCUT2D eigenvalue weighted by molar-refractivity contribution is 5.87. The molecule has 0 unspecified atom stereocenters. The molecule has 7 nitrogen and oxygen atoms in total. The third kappa shape index (κ3) is 10.3. The van der Waals surface area contributed by atoms with Crippen LogP contribution in [0.25, 0.3) is 0 Å². The Hall–Kier alpha value is -3.24.